The monoisotopic (exact) mass is 257 g/mol. The third-order valence-corrected chi connectivity index (χ3v) is 3.09. The number of H-pyrrole nitrogens is 1. The van der Waals surface area contributed by atoms with Gasteiger partial charge < -0.3 is 4.98 Å². The van der Waals surface area contributed by atoms with Crippen LogP contribution in [0.4, 0.5) is 0 Å². The second-order valence-electron chi connectivity index (χ2n) is 3.19. The lowest BCUT2D eigenvalue weighted by atomic mass is 10.1. The van der Waals surface area contributed by atoms with Gasteiger partial charge in [0.25, 0.3) is 0 Å². The van der Waals surface area contributed by atoms with Gasteiger partial charge in [-0.25, -0.2) is 0 Å². The Morgan fingerprint density at radius 1 is 1.31 bits per heavy atom. The van der Waals surface area contributed by atoms with Crippen molar-refractivity contribution >= 4 is 38.4 Å². The summed E-state index contributed by atoms with van der Waals surface area (Å²) in [6.07, 6.45) is 0. The molecule has 0 aliphatic heterocycles. The molecule has 0 radical (unpaired) electrons. The molecule has 0 fully saturated rings. The summed E-state index contributed by atoms with van der Waals surface area (Å²) < 4.78 is 1.02. The third kappa shape index (κ3) is 1.38. The van der Waals surface area contributed by atoms with E-state index in [2.05, 4.69) is 40.8 Å². The number of benzene rings is 1. The summed E-state index contributed by atoms with van der Waals surface area (Å²) in [5, 5.41) is 1.96. The van der Waals surface area contributed by atoms with Gasteiger partial charge in [0.1, 0.15) is 0 Å². The minimum Gasteiger partial charge on any atom is -0.357 e. The van der Waals surface area contributed by atoms with E-state index in [4.69, 9.17) is 11.6 Å². The number of aryl methyl sites for hydroxylation is 2. The fourth-order valence-electron chi connectivity index (χ4n) is 1.48. The average Bonchev–Trinajstić information content (AvgIpc) is 2.32. The van der Waals surface area contributed by atoms with Crippen LogP contribution in [0.3, 0.4) is 0 Å². The van der Waals surface area contributed by atoms with Gasteiger partial charge in [-0.2, -0.15) is 0 Å². The first-order valence-electron chi connectivity index (χ1n) is 4.03. The van der Waals surface area contributed by atoms with Gasteiger partial charge in [0.05, 0.1) is 10.5 Å². The van der Waals surface area contributed by atoms with Crippen molar-refractivity contribution < 1.29 is 0 Å². The summed E-state index contributed by atoms with van der Waals surface area (Å²) in [4.78, 5) is 3.27. The van der Waals surface area contributed by atoms with E-state index < -0.39 is 0 Å². The maximum absolute atomic E-state index is 6.09. The summed E-state index contributed by atoms with van der Waals surface area (Å²) in [6.45, 7) is 4.15. The highest BCUT2D eigenvalue weighted by molar-refractivity contribution is 9.10. The molecule has 13 heavy (non-hydrogen) atoms. The molecule has 3 heteroatoms. The summed E-state index contributed by atoms with van der Waals surface area (Å²) in [5.41, 5.74) is 3.47. The normalized spacial score (nSPS) is 11.1. The molecule has 0 saturated carbocycles. The molecule has 2 rings (SSSR count). The Bertz CT molecular complexity index is 473. The van der Waals surface area contributed by atoms with Gasteiger partial charge in [0.15, 0.2) is 0 Å². The Labute approximate surface area is 90.2 Å². The van der Waals surface area contributed by atoms with E-state index in [1.54, 1.807) is 0 Å². The van der Waals surface area contributed by atoms with Crippen LogP contribution in [-0.2, 0) is 0 Å². The molecule has 1 heterocycles. The summed E-state index contributed by atoms with van der Waals surface area (Å²) in [6, 6.07) is 3.99. The molecule has 0 bridgehead atoms. The van der Waals surface area contributed by atoms with E-state index in [0.717, 1.165) is 15.0 Å². The Morgan fingerprint density at radius 3 is 2.69 bits per heavy atom. The highest BCUT2D eigenvalue weighted by atomic mass is 79.9. The van der Waals surface area contributed by atoms with Gasteiger partial charge in [-0.3, -0.25) is 0 Å². The van der Waals surface area contributed by atoms with Gasteiger partial charge in [0, 0.05) is 15.6 Å². The lowest BCUT2D eigenvalue weighted by Crippen LogP contribution is -1.72. The van der Waals surface area contributed by atoms with Crippen LogP contribution >= 0.6 is 27.5 Å². The zero-order chi connectivity index (χ0) is 9.59. The van der Waals surface area contributed by atoms with E-state index in [-0.39, 0.29) is 0 Å². The molecule has 0 spiro atoms. The average molecular weight is 259 g/mol. The van der Waals surface area contributed by atoms with E-state index in [0.29, 0.717) is 0 Å². The van der Waals surface area contributed by atoms with Crippen molar-refractivity contribution in [3.05, 3.63) is 32.9 Å². The van der Waals surface area contributed by atoms with Crippen LogP contribution in [0.1, 0.15) is 11.3 Å². The van der Waals surface area contributed by atoms with Crippen molar-refractivity contribution in [2.75, 3.05) is 0 Å². The smallest absolute Gasteiger partial charge is 0.0658 e. The largest absolute Gasteiger partial charge is 0.357 e. The lowest BCUT2D eigenvalue weighted by molar-refractivity contribution is 1.25. The molecule has 0 aliphatic rings. The second kappa shape index (κ2) is 3.03. The molecule has 0 atom stereocenters. The maximum atomic E-state index is 6.09. The van der Waals surface area contributed by atoms with Crippen LogP contribution < -0.4 is 0 Å². The standard InChI is InChI=1S/C10H9BrClN/c1-5-6(2)13-10-8(5)3-7(11)4-9(10)12/h3-4,13H,1-2H3. The first-order chi connectivity index (χ1) is 6.09. The Kier molecular flexibility index (Phi) is 2.12. The molecule has 0 amide bonds. The van der Waals surface area contributed by atoms with E-state index in [1.165, 1.54) is 16.6 Å². The SMILES string of the molecule is Cc1[nH]c2c(Cl)cc(Br)cc2c1C. The molecule has 0 aliphatic carbocycles. The van der Waals surface area contributed by atoms with Crippen molar-refractivity contribution in [1.82, 2.24) is 4.98 Å². The molecule has 1 aromatic carbocycles. The van der Waals surface area contributed by atoms with Crippen molar-refractivity contribution in [3.8, 4) is 0 Å². The van der Waals surface area contributed by atoms with E-state index in [1.807, 2.05) is 6.07 Å². The molecule has 0 saturated heterocycles. The van der Waals surface area contributed by atoms with Crippen LogP contribution in [0.2, 0.25) is 5.02 Å². The van der Waals surface area contributed by atoms with Crippen LogP contribution in [0, 0.1) is 13.8 Å². The highest BCUT2D eigenvalue weighted by Crippen LogP contribution is 2.30. The number of halogens is 2. The van der Waals surface area contributed by atoms with Gasteiger partial charge in [-0.05, 0) is 31.5 Å². The summed E-state index contributed by atoms with van der Waals surface area (Å²) in [7, 11) is 0. The third-order valence-electron chi connectivity index (χ3n) is 2.33. The first kappa shape index (κ1) is 9.10. The van der Waals surface area contributed by atoms with Crippen LogP contribution in [-0.4, -0.2) is 4.98 Å². The predicted molar refractivity (Wildman–Crippen MR) is 60.5 cm³/mol. The van der Waals surface area contributed by atoms with Crippen LogP contribution in [0.5, 0.6) is 0 Å². The van der Waals surface area contributed by atoms with Gasteiger partial charge in [-0.1, -0.05) is 27.5 Å². The van der Waals surface area contributed by atoms with Gasteiger partial charge >= 0.3 is 0 Å². The molecule has 68 valence electrons. The number of hydrogen-bond acceptors (Lipinski definition) is 0. The molecule has 1 aromatic heterocycles. The number of nitrogens with one attached hydrogen (secondary N) is 1. The van der Waals surface area contributed by atoms with Gasteiger partial charge in [-0.15, -0.1) is 0 Å². The number of rotatable bonds is 0. The Balaban J connectivity index is 2.94. The zero-order valence-corrected chi connectivity index (χ0v) is 9.75. The Morgan fingerprint density at radius 2 is 2.00 bits per heavy atom. The number of aromatic nitrogens is 1. The zero-order valence-electron chi connectivity index (χ0n) is 7.41. The Hall–Kier alpha value is -0.470. The van der Waals surface area contributed by atoms with Crippen molar-refractivity contribution in [2.45, 2.75) is 13.8 Å². The van der Waals surface area contributed by atoms with Crippen LogP contribution in [0.25, 0.3) is 10.9 Å². The topological polar surface area (TPSA) is 15.8 Å². The number of aromatic amines is 1. The number of hydrogen-bond donors (Lipinski definition) is 1. The van der Waals surface area contributed by atoms with Crippen LogP contribution in [0.15, 0.2) is 16.6 Å². The second-order valence-corrected chi connectivity index (χ2v) is 4.51. The van der Waals surface area contributed by atoms with Gasteiger partial charge in [0.2, 0.25) is 0 Å². The minimum atomic E-state index is 0.764. The molecule has 0 unspecified atom stereocenters. The lowest BCUT2D eigenvalue weighted by Gasteiger charge is -1.96. The summed E-state index contributed by atoms with van der Waals surface area (Å²) >= 11 is 9.51. The fourth-order valence-corrected chi connectivity index (χ4v) is 2.34. The number of fused-ring (bicyclic) bond motifs is 1. The first-order valence-corrected chi connectivity index (χ1v) is 5.20. The molecule has 1 N–H and O–H groups in total. The van der Waals surface area contributed by atoms with Crippen molar-refractivity contribution in [2.24, 2.45) is 0 Å². The molecular weight excluding hydrogens is 249 g/mol. The molecule has 2 aromatic rings. The van der Waals surface area contributed by atoms with Crippen molar-refractivity contribution in [1.29, 1.82) is 0 Å². The fraction of sp³-hybridized carbons (Fsp3) is 0.200. The van der Waals surface area contributed by atoms with E-state index >= 15 is 0 Å². The minimum absolute atomic E-state index is 0.764. The predicted octanol–water partition coefficient (Wildman–Crippen LogP) is 4.20. The molecular formula is C10H9BrClN. The van der Waals surface area contributed by atoms with Crippen molar-refractivity contribution in [3.63, 3.8) is 0 Å². The van der Waals surface area contributed by atoms with E-state index in [9.17, 15) is 0 Å². The highest BCUT2D eigenvalue weighted by Gasteiger charge is 2.07. The summed E-state index contributed by atoms with van der Waals surface area (Å²) in [5.74, 6) is 0. The quantitative estimate of drug-likeness (QED) is 0.729. The molecule has 1 nitrogen and oxygen atoms in total. The maximum Gasteiger partial charge on any atom is 0.0658 e.